The Labute approximate surface area is 120 Å². The van der Waals surface area contributed by atoms with Gasteiger partial charge in [0.2, 0.25) is 0 Å². The standard InChI is InChI=1S/C12H16ClF2N5/c13-8-3-1-2-4-9(8)18-10(16)19-11(17)20-6-5-12(14,15)7-20/h1,3H,2,4-7H2,(H4,16,17,18,19). The lowest BCUT2D eigenvalue weighted by Gasteiger charge is -2.21. The molecule has 1 aliphatic carbocycles. The minimum atomic E-state index is -2.76. The molecule has 0 aromatic heterocycles. The summed E-state index contributed by atoms with van der Waals surface area (Å²) in [7, 11) is 0. The molecule has 2 rings (SSSR count). The maximum absolute atomic E-state index is 13.0. The average Bonchev–Trinajstić information content (AvgIpc) is 2.73. The van der Waals surface area contributed by atoms with Crippen molar-refractivity contribution in [1.82, 2.24) is 15.5 Å². The van der Waals surface area contributed by atoms with Crippen LogP contribution in [0.4, 0.5) is 8.78 Å². The molecular weight excluding hydrogens is 288 g/mol. The van der Waals surface area contributed by atoms with Crippen LogP contribution < -0.4 is 10.6 Å². The highest BCUT2D eigenvalue weighted by molar-refractivity contribution is 6.31. The van der Waals surface area contributed by atoms with Crippen LogP contribution in [0.25, 0.3) is 0 Å². The largest absolute Gasteiger partial charge is 0.337 e. The van der Waals surface area contributed by atoms with Crippen molar-refractivity contribution in [2.45, 2.75) is 25.2 Å². The van der Waals surface area contributed by atoms with Gasteiger partial charge in [0.15, 0.2) is 11.9 Å². The van der Waals surface area contributed by atoms with Gasteiger partial charge in [-0.25, -0.2) is 8.78 Å². The summed E-state index contributed by atoms with van der Waals surface area (Å²) in [4.78, 5) is 1.22. The summed E-state index contributed by atoms with van der Waals surface area (Å²) in [5.41, 5.74) is 0.686. The Morgan fingerprint density at radius 2 is 2.15 bits per heavy atom. The molecule has 1 heterocycles. The molecule has 0 radical (unpaired) electrons. The fourth-order valence-electron chi connectivity index (χ4n) is 2.06. The zero-order valence-electron chi connectivity index (χ0n) is 10.8. The van der Waals surface area contributed by atoms with Gasteiger partial charge in [0.25, 0.3) is 5.92 Å². The number of hydrogen-bond acceptors (Lipinski definition) is 2. The summed E-state index contributed by atoms with van der Waals surface area (Å²) in [6.07, 6.45) is 4.90. The van der Waals surface area contributed by atoms with Gasteiger partial charge in [-0.05, 0) is 18.9 Å². The van der Waals surface area contributed by atoms with Gasteiger partial charge in [0.05, 0.1) is 11.6 Å². The maximum Gasteiger partial charge on any atom is 0.267 e. The second-order valence-corrected chi connectivity index (χ2v) is 5.18. The zero-order valence-corrected chi connectivity index (χ0v) is 11.5. The third-order valence-electron chi connectivity index (χ3n) is 3.12. The number of nitrogens with one attached hydrogen (secondary N) is 4. The molecule has 4 N–H and O–H groups in total. The predicted octanol–water partition coefficient (Wildman–Crippen LogP) is 2.18. The molecule has 110 valence electrons. The van der Waals surface area contributed by atoms with Gasteiger partial charge < -0.3 is 10.2 Å². The number of hydrogen-bond donors (Lipinski definition) is 4. The Bertz CT molecular complexity index is 486. The number of nitrogens with zero attached hydrogens (tertiary/aromatic N) is 1. The monoisotopic (exact) mass is 303 g/mol. The topological polar surface area (TPSA) is 75.0 Å². The molecule has 0 amide bonds. The third kappa shape index (κ3) is 3.69. The minimum absolute atomic E-state index is 0.109. The number of halogens is 3. The van der Waals surface area contributed by atoms with Gasteiger partial charge in [0.1, 0.15) is 0 Å². The lowest BCUT2D eigenvalue weighted by atomic mass is 10.1. The van der Waals surface area contributed by atoms with Crippen molar-refractivity contribution in [2.24, 2.45) is 0 Å². The summed E-state index contributed by atoms with van der Waals surface area (Å²) in [6, 6.07) is 0. The molecule has 0 atom stereocenters. The van der Waals surface area contributed by atoms with Crippen LogP contribution in [-0.2, 0) is 0 Å². The first-order valence-electron chi connectivity index (χ1n) is 6.26. The number of allylic oxidation sites excluding steroid dienone is 4. The molecule has 0 spiro atoms. The molecular formula is C12H16ClF2N5. The van der Waals surface area contributed by atoms with Crippen LogP contribution in [0.5, 0.6) is 0 Å². The normalized spacial score (nSPS) is 21.1. The summed E-state index contributed by atoms with van der Waals surface area (Å²) < 4.78 is 26.1. The molecule has 0 bridgehead atoms. The lowest BCUT2D eigenvalue weighted by molar-refractivity contribution is 0.0173. The Morgan fingerprint density at radius 1 is 1.40 bits per heavy atom. The lowest BCUT2D eigenvalue weighted by Crippen LogP contribution is -2.47. The Balaban J connectivity index is 1.86. The summed E-state index contributed by atoms with van der Waals surface area (Å²) in [5.74, 6) is -3.11. The molecule has 1 fully saturated rings. The van der Waals surface area contributed by atoms with E-state index in [0.717, 1.165) is 6.42 Å². The fraction of sp³-hybridized carbons (Fsp3) is 0.500. The van der Waals surface area contributed by atoms with E-state index in [9.17, 15) is 8.78 Å². The summed E-state index contributed by atoms with van der Waals surface area (Å²) in [5, 5.41) is 21.1. The van der Waals surface area contributed by atoms with E-state index >= 15 is 0 Å². The predicted molar refractivity (Wildman–Crippen MR) is 74.1 cm³/mol. The van der Waals surface area contributed by atoms with Crippen LogP contribution in [0.15, 0.2) is 22.9 Å². The first-order chi connectivity index (χ1) is 9.37. The van der Waals surface area contributed by atoms with Gasteiger partial charge in [-0.15, -0.1) is 0 Å². The Morgan fingerprint density at radius 3 is 2.75 bits per heavy atom. The van der Waals surface area contributed by atoms with Gasteiger partial charge in [-0.2, -0.15) is 0 Å². The molecule has 0 aromatic carbocycles. The van der Waals surface area contributed by atoms with Gasteiger partial charge in [-0.3, -0.25) is 16.1 Å². The molecule has 1 saturated heterocycles. The molecule has 0 saturated carbocycles. The van der Waals surface area contributed by atoms with E-state index in [1.54, 1.807) is 6.08 Å². The van der Waals surface area contributed by atoms with Crippen molar-refractivity contribution in [1.29, 1.82) is 10.8 Å². The Kier molecular flexibility index (Phi) is 4.27. The van der Waals surface area contributed by atoms with Crippen LogP contribution >= 0.6 is 11.6 Å². The van der Waals surface area contributed by atoms with Crippen LogP contribution in [-0.4, -0.2) is 35.8 Å². The zero-order chi connectivity index (χ0) is 14.8. The molecule has 8 heteroatoms. The van der Waals surface area contributed by atoms with E-state index < -0.39 is 12.5 Å². The number of guanidine groups is 2. The van der Waals surface area contributed by atoms with Crippen LogP contribution in [0.2, 0.25) is 0 Å². The summed E-state index contributed by atoms with van der Waals surface area (Å²) >= 11 is 5.97. The van der Waals surface area contributed by atoms with Crippen molar-refractivity contribution in [2.75, 3.05) is 13.1 Å². The number of rotatable bonds is 1. The van der Waals surface area contributed by atoms with E-state index in [-0.39, 0.29) is 24.9 Å². The third-order valence-corrected chi connectivity index (χ3v) is 3.47. The number of likely N-dealkylation sites (tertiary alicyclic amines) is 1. The SMILES string of the molecule is N=C(NC(=N)N1CCC(F)(F)C1)NC1=C(Cl)C=CCC1. The maximum atomic E-state index is 13.0. The molecule has 1 aliphatic heterocycles. The van der Waals surface area contributed by atoms with Crippen LogP contribution in [0.3, 0.4) is 0 Å². The molecule has 0 aromatic rings. The highest BCUT2D eigenvalue weighted by atomic mass is 35.5. The highest BCUT2D eigenvalue weighted by Crippen LogP contribution is 2.26. The highest BCUT2D eigenvalue weighted by Gasteiger charge is 2.39. The van der Waals surface area contributed by atoms with E-state index in [1.165, 1.54) is 4.90 Å². The van der Waals surface area contributed by atoms with Crippen molar-refractivity contribution >= 4 is 23.5 Å². The van der Waals surface area contributed by atoms with Gasteiger partial charge in [-0.1, -0.05) is 17.7 Å². The van der Waals surface area contributed by atoms with Crippen LogP contribution in [0, 0.1) is 10.8 Å². The summed E-state index contributed by atoms with van der Waals surface area (Å²) in [6.45, 7) is -0.378. The molecule has 20 heavy (non-hydrogen) atoms. The first-order valence-corrected chi connectivity index (χ1v) is 6.64. The smallest absolute Gasteiger partial charge is 0.267 e. The van der Waals surface area contributed by atoms with Crippen molar-refractivity contribution in [3.8, 4) is 0 Å². The minimum Gasteiger partial charge on any atom is -0.337 e. The van der Waals surface area contributed by atoms with Gasteiger partial charge in [0, 0.05) is 18.7 Å². The molecule has 5 nitrogen and oxygen atoms in total. The van der Waals surface area contributed by atoms with E-state index in [2.05, 4.69) is 10.6 Å². The first kappa shape index (κ1) is 14.8. The second kappa shape index (κ2) is 5.78. The fourth-order valence-corrected chi connectivity index (χ4v) is 2.29. The van der Waals surface area contributed by atoms with Crippen molar-refractivity contribution in [3.05, 3.63) is 22.9 Å². The average molecular weight is 304 g/mol. The second-order valence-electron chi connectivity index (χ2n) is 4.77. The number of alkyl halides is 2. The van der Waals surface area contributed by atoms with Crippen molar-refractivity contribution in [3.63, 3.8) is 0 Å². The quantitative estimate of drug-likeness (QED) is 0.443. The molecule has 2 aliphatic rings. The van der Waals surface area contributed by atoms with E-state index in [1.807, 2.05) is 6.08 Å². The van der Waals surface area contributed by atoms with Gasteiger partial charge >= 0.3 is 0 Å². The van der Waals surface area contributed by atoms with Crippen LogP contribution in [0.1, 0.15) is 19.3 Å². The van der Waals surface area contributed by atoms with E-state index in [0.29, 0.717) is 17.2 Å². The van der Waals surface area contributed by atoms with E-state index in [4.69, 9.17) is 22.4 Å². The van der Waals surface area contributed by atoms with Crippen molar-refractivity contribution < 1.29 is 8.78 Å². The molecule has 0 unspecified atom stereocenters. The Hall–Kier alpha value is -1.63.